The number of likely N-dealkylation sites (N-methyl/N-ethyl adjacent to an activating group) is 1. The van der Waals surface area contributed by atoms with E-state index in [9.17, 15) is 18.4 Å². The Morgan fingerprint density at radius 3 is 2.67 bits per heavy atom. The molecule has 46 heavy (non-hydrogen) atoms. The highest BCUT2D eigenvalue weighted by molar-refractivity contribution is 5.95. The molecule has 2 aromatic heterocycles. The Labute approximate surface area is 263 Å². The van der Waals surface area contributed by atoms with Crippen molar-refractivity contribution < 1.29 is 27.8 Å². The number of ether oxygens (including phenoxy) is 2. The van der Waals surface area contributed by atoms with Gasteiger partial charge in [0.05, 0.1) is 16.8 Å². The van der Waals surface area contributed by atoms with Crippen LogP contribution in [0.5, 0.6) is 11.5 Å². The molecule has 3 heterocycles. The Morgan fingerprint density at radius 1 is 1.00 bits per heavy atom. The van der Waals surface area contributed by atoms with Gasteiger partial charge < -0.3 is 25.0 Å². The number of piperidine rings is 1. The van der Waals surface area contributed by atoms with Gasteiger partial charge in [0.1, 0.15) is 25.3 Å². The van der Waals surface area contributed by atoms with Crippen LogP contribution in [-0.4, -0.2) is 62.8 Å². The van der Waals surface area contributed by atoms with Crippen LogP contribution in [0.2, 0.25) is 0 Å². The number of esters is 1. The van der Waals surface area contributed by atoms with Crippen LogP contribution in [-0.2, 0) is 11.3 Å². The van der Waals surface area contributed by atoms with E-state index in [1.807, 2.05) is 6.07 Å². The summed E-state index contributed by atoms with van der Waals surface area (Å²) in [6, 6.07) is 17.4. The number of benzene rings is 3. The number of carbonyl (C=O) groups excluding carboxylic acids is 2. The zero-order chi connectivity index (χ0) is 32.0. The Kier molecular flexibility index (Phi) is 9.10. The average molecular weight is 628 g/mol. The standard InChI is InChI=1S/C33H31F2N7O4/c1-41-14-6-5-10-22(41)19-45-27-17-26-23(16-28(27)46-33(44)21-8-3-2-4-9-21)32(37-20-36-26)39-29-13-15-42(40-29)18-30(43)38-25-12-7-11-24(34)31(25)35/h2-4,7-9,11-13,15-17,20,22H,5-6,10,14,18-19H2,1H3,(H,38,43)(H,36,37,39,40). The predicted molar refractivity (Wildman–Crippen MR) is 167 cm³/mol. The van der Waals surface area contributed by atoms with Gasteiger partial charge in [0.2, 0.25) is 5.91 Å². The lowest BCUT2D eigenvalue weighted by Gasteiger charge is -2.32. The summed E-state index contributed by atoms with van der Waals surface area (Å²) in [5, 5.41) is 10.3. The van der Waals surface area contributed by atoms with Crippen molar-refractivity contribution in [2.24, 2.45) is 0 Å². The van der Waals surface area contributed by atoms with E-state index in [0.717, 1.165) is 31.9 Å². The Morgan fingerprint density at radius 2 is 1.85 bits per heavy atom. The largest absolute Gasteiger partial charge is 0.488 e. The van der Waals surface area contributed by atoms with E-state index in [1.165, 1.54) is 23.1 Å². The molecular formula is C33H31F2N7O4. The molecule has 0 aliphatic carbocycles. The number of amides is 1. The first-order valence-electron chi connectivity index (χ1n) is 14.8. The van der Waals surface area contributed by atoms with Crippen LogP contribution in [0, 0.1) is 11.6 Å². The normalized spacial score (nSPS) is 15.0. The van der Waals surface area contributed by atoms with Crippen molar-refractivity contribution in [1.29, 1.82) is 0 Å². The minimum Gasteiger partial charge on any atom is -0.488 e. The summed E-state index contributed by atoms with van der Waals surface area (Å²) in [6.45, 7) is 1.17. The molecule has 2 N–H and O–H groups in total. The molecule has 6 rings (SSSR count). The molecule has 3 aromatic carbocycles. The maximum Gasteiger partial charge on any atom is 0.343 e. The molecule has 0 bridgehead atoms. The Bertz CT molecular complexity index is 1870. The van der Waals surface area contributed by atoms with Gasteiger partial charge in [0, 0.05) is 29.8 Å². The zero-order valence-electron chi connectivity index (χ0n) is 25.0. The molecule has 0 spiro atoms. The fourth-order valence-electron chi connectivity index (χ4n) is 5.20. The number of fused-ring (bicyclic) bond motifs is 1. The maximum absolute atomic E-state index is 14.0. The molecule has 1 fully saturated rings. The van der Waals surface area contributed by atoms with E-state index in [0.29, 0.717) is 40.5 Å². The van der Waals surface area contributed by atoms with Crippen molar-refractivity contribution in [2.45, 2.75) is 31.8 Å². The lowest BCUT2D eigenvalue weighted by Crippen LogP contribution is -2.40. The van der Waals surface area contributed by atoms with Crippen LogP contribution in [0.4, 0.5) is 26.1 Å². The van der Waals surface area contributed by atoms with Crippen LogP contribution in [0.1, 0.15) is 29.6 Å². The molecule has 1 atom stereocenters. The number of hydrogen-bond donors (Lipinski definition) is 2. The molecule has 1 aliphatic rings. The number of halogens is 2. The van der Waals surface area contributed by atoms with Gasteiger partial charge in [-0.1, -0.05) is 30.7 Å². The zero-order valence-corrected chi connectivity index (χ0v) is 25.0. The number of hydrogen-bond acceptors (Lipinski definition) is 9. The second-order valence-electron chi connectivity index (χ2n) is 10.9. The molecule has 1 aliphatic heterocycles. The number of nitrogens with zero attached hydrogens (tertiary/aromatic N) is 5. The fourth-order valence-corrected chi connectivity index (χ4v) is 5.20. The third kappa shape index (κ3) is 7.10. The van der Waals surface area contributed by atoms with Crippen molar-refractivity contribution in [3.05, 3.63) is 96.5 Å². The molecule has 11 nitrogen and oxygen atoms in total. The highest BCUT2D eigenvalue weighted by Crippen LogP contribution is 2.36. The molecule has 0 radical (unpaired) electrons. The summed E-state index contributed by atoms with van der Waals surface area (Å²) in [5.41, 5.74) is 0.665. The van der Waals surface area contributed by atoms with Crippen LogP contribution < -0.4 is 20.1 Å². The first-order chi connectivity index (χ1) is 22.3. The van der Waals surface area contributed by atoms with Crippen LogP contribution in [0.3, 0.4) is 0 Å². The summed E-state index contributed by atoms with van der Waals surface area (Å²) in [7, 11) is 2.08. The molecule has 5 aromatic rings. The molecular weight excluding hydrogens is 596 g/mol. The molecule has 0 saturated carbocycles. The highest BCUT2D eigenvalue weighted by Gasteiger charge is 2.22. The number of anilines is 3. The molecule has 1 amide bonds. The van der Waals surface area contributed by atoms with Crippen LogP contribution in [0.15, 0.2) is 79.3 Å². The quantitative estimate of drug-likeness (QED) is 0.151. The van der Waals surface area contributed by atoms with E-state index >= 15 is 0 Å². The Balaban J connectivity index is 1.23. The summed E-state index contributed by atoms with van der Waals surface area (Å²) >= 11 is 0. The number of rotatable bonds is 10. The monoisotopic (exact) mass is 627 g/mol. The molecule has 1 unspecified atom stereocenters. The maximum atomic E-state index is 14.0. The lowest BCUT2D eigenvalue weighted by atomic mass is 10.0. The van der Waals surface area contributed by atoms with Crippen molar-refractivity contribution in [3.63, 3.8) is 0 Å². The third-order valence-electron chi connectivity index (χ3n) is 7.68. The second kappa shape index (κ2) is 13.7. The molecule has 236 valence electrons. The van der Waals surface area contributed by atoms with E-state index in [2.05, 4.69) is 37.6 Å². The van der Waals surface area contributed by atoms with Crippen LogP contribution >= 0.6 is 0 Å². The van der Waals surface area contributed by atoms with Crippen LogP contribution in [0.25, 0.3) is 10.9 Å². The first-order valence-corrected chi connectivity index (χ1v) is 14.8. The third-order valence-corrected chi connectivity index (χ3v) is 7.68. The number of likely N-dealkylation sites (tertiary alicyclic amines) is 1. The van der Waals surface area contributed by atoms with Gasteiger partial charge in [-0.05, 0) is 56.8 Å². The van der Waals surface area contributed by atoms with E-state index in [4.69, 9.17) is 9.47 Å². The topological polar surface area (TPSA) is 124 Å². The van der Waals surface area contributed by atoms with Gasteiger partial charge in [0.15, 0.2) is 29.0 Å². The van der Waals surface area contributed by atoms with Crippen molar-refractivity contribution in [2.75, 3.05) is 30.8 Å². The van der Waals surface area contributed by atoms with Gasteiger partial charge >= 0.3 is 5.97 Å². The predicted octanol–water partition coefficient (Wildman–Crippen LogP) is 5.57. The van der Waals surface area contributed by atoms with Gasteiger partial charge in [-0.15, -0.1) is 0 Å². The number of carbonyl (C=O) groups is 2. The smallest absolute Gasteiger partial charge is 0.343 e. The number of nitrogens with one attached hydrogen (secondary N) is 2. The van der Waals surface area contributed by atoms with Crippen molar-refractivity contribution in [1.82, 2.24) is 24.6 Å². The number of aromatic nitrogens is 4. The van der Waals surface area contributed by atoms with E-state index in [-0.39, 0.29) is 24.0 Å². The average Bonchev–Trinajstić information content (AvgIpc) is 3.49. The van der Waals surface area contributed by atoms with Crippen molar-refractivity contribution in [3.8, 4) is 11.5 Å². The highest BCUT2D eigenvalue weighted by atomic mass is 19.2. The minimum atomic E-state index is -1.14. The Hall–Kier alpha value is -5.43. The first kappa shape index (κ1) is 30.6. The van der Waals surface area contributed by atoms with Gasteiger partial charge in [-0.2, -0.15) is 5.10 Å². The molecule has 1 saturated heterocycles. The summed E-state index contributed by atoms with van der Waals surface area (Å²) in [5.74, 6) is -2.02. The minimum absolute atomic E-state index is 0.212. The summed E-state index contributed by atoms with van der Waals surface area (Å²) < 4.78 is 40.9. The summed E-state index contributed by atoms with van der Waals surface area (Å²) in [4.78, 5) is 36.6. The van der Waals surface area contributed by atoms with E-state index < -0.39 is 23.5 Å². The fraction of sp³-hybridized carbons (Fsp3) is 0.242. The van der Waals surface area contributed by atoms with Gasteiger partial charge in [-0.3, -0.25) is 9.48 Å². The SMILES string of the molecule is CN1CCCCC1COc1cc2ncnc(Nc3ccn(CC(=O)Nc4cccc(F)c4F)n3)c2cc1OC(=O)c1ccccc1. The van der Waals surface area contributed by atoms with Gasteiger partial charge in [-0.25, -0.2) is 23.5 Å². The summed E-state index contributed by atoms with van der Waals surface area (Å²) in [6.07, 6.45) is 6.22. The molecule has 13 heteroatoms. The second-order valence-corrected chi connectivity index (χ2v) is 10.9. The van der Waals surface area contributed by atoms with E-state index in [1.54, 1.807) is 48.7 Å². The van der Waals surface area contributed by atoms with Gasteiger partial charge in [0.25, 0.3) is 0 Å². The van der Waals surface area contributed by atoms with Crippen molar-refractivity contribution >= 4 is 40.1 Å². The lowest BCUT2D eigenvalue weighted by molar-refractivity contribution is -0.116.